The van der Waals surface area contributed by atoms with Crippen LogP contribution in [0.5, 0.6) is 0 Å². The van der Waals surface area contributed by atoms with Gasteiger partial charge in [-0.2, -0.15) is 0 Å². The molecule has 2 saturated heterocycles. The van der Waals surface area contributed by atoms with E-state index < -0.39 is 0 Å². The zero-order valence-corrected chi connectivity index (χ0v) is 19.7. The van der Waals surface area contributed by atoms with E-state index in [1.807, 2.05) is 45.8 Å². The third-order valence-corrected chi connectivity index (χ3v) is 8.35. The summed E-state index contributed by atoms with van der Waals surface area (Å²) >= 11 is 13.9. The molecule has 2 aliphatic heterocycles. The molecule has 0 aliphatic carbocycles. The number of para-hydroxylation sites is 1. The maximum atomic E-state index is 13.2. The summed E-state index contributed by atoms with van der Waals surface area (Å²) in [5.41, 5.74) is 2.53. The molecule has 4 rings (SSSR count). The molecule has 0 unspecified atom stereocenters. The molecule has 0 atom stereocenters. The lowest BCUT2D eigenvalue weighted by molar-refractivity contribution is 0.0585. The van der Waals surface area contributed by atoms with Gasteiger partial charge in [-0.1, -0.05) is 48.3 Å². The standard InChI is InChI=1S/C23H25Cl2N3O2S/c1-2-16-5-3-4-6-20(16)26-22(30)27-11-9-23(10-12-27)28(13-14-31-23)21(29)17-7-8-18(24)19(25)15-17/h3-8,15H,2,9-14H2,1H3,(H,26,30). The average molecular weight is 478 g/mol. The summed E-state index contributed by atoms with van der Waals surface area (Å²) in [5.74, 6) is 0.863. The predicted molar refractivity (Wildman–Crippen MR) is 128 cm³/mol. The minimum atomic E-state index is -0.276. The van der Waals surface area contributed by atoms with Gasteiger partial charge < -0.3 is 15.1 Å². The molecule has 164 valence electrons. The first-order valence-electron chi connectivity index (χ1n) is 10.5. The van der Waals surface area contributed by atoms with Crippen LogP contribution in [0.1, 0.15) is 35.7 Å². The second kappa shape index (κ2) is 9.31. The van der Waals surface area contributed by atoms with Gasteiger partial charge in [0.2, 0.25) is 0 Å². The number of thioether (sulfide) groups is 1. The Hall–Kier alpha value is -1.89. The number of nitrogens with one attached hydrogen (secondary N) is 1. The van der Waals surface area contributed by atoms with Gasteiger partial charge in [0.1, 0.15) is 0 Å². The van der Waals surface area contributed by atoms with Crippen LogP contribution in [0.3, 0.4) is 0 Å². The minimum absolute atomic E-state index is 0.0293. The first-order chi connectivity index (χ1) is 14.9. The van der Waals surface area contributed by atoms with Gasteiger partial charge >= 0.3 is 6.03 Å². The van der Waals surface area contributed by atoms with Crippen molar-refractivity contribution >= 4 is 52.6 Å². The monoisotopic (exact) mass is 477 g/mol. The van der Waals surface area contributed by atoms with Gasteiger partial charge in [0.25, 0.3) is 5.91 Å². The summed E-state index contributed by atoms with van der Waals surface area (Å²) in [5, 5.41) is 3.87. The lowest BCUT2D eigenvalue weighted by Crippen LogP contribution is -2.54. The fraction of sp³-hybridized carbons (Fsp3) is 0.391. The highest BCUT2D eigenvalue weighted by atomic mass is 35.5. The first-order valence-corrected chi connectivity index (χ1v) is 12.2. The molecule has 2 heterocycles. The topological polar surface area (TPSA) is 52.7 Å². The number of amides is 3. The van der Waals surface area contributed by atoms with Crippen molar-refractivity contribution in [2.24, 2.45) is 0 Å². The molecule has 1 N–H and O–H groups in total. The van der Waals surface area contributed by atoms with E-state index in [4.69, 9.17) is 23.2 Å². The highest BCUT2D eigenvalue weighted by molar-refractivity contribution is 8.00. The van der Waals surface area contributed by atoms with Gasteiger partial charge in [-0.3, -0.25) is 4.79 Å². The van der Waals surface area contributed by atoms with Gasteiger partial charge in [-0.05, 0) is 49.1 Å². The minimum Gasteiger partial charge on any atom is -0.324 e. The number of urea groups is 1. The van der Waals surface area contributed by atoms with Crippen LogP contribution in [-0.2, 0) is 6.42 Å². The Morgan fingerprint density at radius 1 is 1.06 bits per heavy atom. The summed E-state index contributed by atoms with van der Waals surface area (Å²) < 4.78 is 0. The van der Waals surface area contributed by atoms with Gasteiger partial charge in [-0.15, -0.1) is 11.8 Å². The van der Waals surface area contributed by atoms with E-state index in [1.54, 1.807) is 18.2 Å². The summed E-state index contributed by atoms with van der Waals surface area (Å²) in [6.45, 7) is 3.99. The number of hydrogen-bond acceptors (Lipinski definition) is 3. The van der Waals surface area contributed by atoms with E-state index in [1.165, 1.54) is 0 Å². The number of carbonyl (C=O) groups is 2. The second-order valence-electron chi connectivity index (χ2n) is 7.81. The van der Waals surface area contributed by atoms with E-state index in [2.05, 4.69) is 12.2 Å². The normalized spacial score (nSPS) is 17.8. The number of aryl methyl sites for hydroxylation is 1. The predicted octanol–water partition coefficient (Wildman–Crippen LogP) is 5.77. The number of piperidine rings is 1. The summed E-state index contributed by atoms with van der Waals surface area (Å²) in [7, 11) is 0. The van der Waals surface area contributed by atoms with Crippen molar-refractivity contribution in [1.82, 2.24) is 9.80 Å². The highest BCUT2D eigenvalue weighted by Crippen LogP contribution is 2.44. The Bertz CT molecular complexity index is 993. The van der Waals surface area contributed by atoms with Crippen LogP contribution >= 0.6 is 35.0 Å². The van der Waals surface area contributed by atoms with E-state index in [0.29, 0.717) is 35.2 Å². The highest BCUT2D eigenvalue weighted by Gasteiger charge is 2.47. The van der Waals surface area contributed by atoms with Crippen molar-refractivity contribution in [2.45, 2.75) is 31.1 Å². The van der Waals surface area contributed by atoms with Crippen molar-refractivity contribution in [3.63, 3.8) is 0 Å². The van der Waals surface area contributed by atoms with Crippen LogP contribution in [0.2, 0.25) is 10.0 Å². The van der Waals surface area contributed by atoms with Crippen LogP contribution < -0.4 is 5.32 Å². The second-order valence-corrected chi connectivity index (χ2v) is 10.1. The Labute approximate surface area is 197 Å². The van der Waals surface area contributed by atoms with Crippen molar-refractivity contribution in [3.8, 4) is 0 Å². The zero-order chi connectivity index (χ0) is 22.0. The maximum absolute atomic E-state index is 13.2. The number of hydrogen-bond donors (Lipinski definition) is 1. The van der Waals surface area contributed by atoms with Gasteiger partial charge in [-0.25, -0.2) is 4.79 Å². The Morgan fingerprint density at radius 3 is 2.52 bits per heavy atom. The van der Waals surface area contributed by atoms with Crippen molar-refractivity contribution in [1.29, 1.82) is 0 Å². The summed E-state index contributed by atoms with van der Waals surface area (Å²) in [6, 6.07) is 12.8. The molecule has 2 fully saturated rings. The van der Waals surface area contributed by atoms with Crippen LogP contribution in [-0.4, -0.2) is 52.0 Å². The SMILES string of the molecule is CCc1ccccc1NC(=O)N1CCC2(CC1)SCCN2C(=O)c1ccc(Cl)c(Cl)c1. The molecule has 0 bridgehead atoms. The average Bonchev–Trinajstić information content (AvgIpc) is 3.18. The van der Waals surface area contributed by atoms with Crippen LogP contribution in [0.15, 0.2) is 42.5 Å². The lowest BCUT2D eigenvalue weighted by Gasteiger charge is -2.44. The molecule has 8 heteroatoms. The largest absolute Gasteiger partial charge is 0.324 e. The van der Waals surface area contributed by atoms with E-state index >= 15 is 0 Å². The molecule has 0 radical (unpaired) electrons. The van der Waals surface area contributed by atoms with Crippen molar-refractivity contribution < 1.29 is 9.59 Å². The van der Waals surface area contributed by atoms with E-state index in [-0.39, 0.29) is 16.8 Å². The molecule has 2 aromatic rings. The fourth-order valence-corrected chi connectivity index (χ4v) is 6.05. The molecule has 3 amide bonds. The van der Waals surface area contributed by atoms with E-state index in [0.717, 1.165) is 36.3 Å². The van der Waals surface area contributed by atoms with Crippen LogP contribution in [0.4, 0.5) is 10.5 Å². The molecular weight excluding hydrogens is 453 g/mol. The fourth-order valence-electron chi connectivity index (χ4n) is 4.30. The van der Waals surface area contributed by atoms with Gasteiger partial charge in [0.15, 0.2) is 0 Å². The summed E-state index contributed by atoms with van der Waals surface area (Å²) in [6.07, 6.45) is 2.35. The maximum Gasteiger partial charge on any atom is 0.321 e. The lowest BCUT2D eigenvalue weighted by atomic mass is 10.0. The Kier molecular flexibility index (Phi) is 6.70. The summed E-state index contributed by atoms with van der Waals surface area (Å²) in [4.78, 5) is 29.6. The number of halogens is 2. The van der Waals surface area contributed by atoms with Gasteiger partial charge in [0.05, 0.1) is 14.9 Å². The van der Waals surface area contributed by atoms with Crippen LogP contribution in [0, 0.1) is 0 Å². The first kappa shape index (κ1) is 22.3. The van der Waals surface area contributed by atoms with Gasteiger partial charge in [0, 0.05) is 36.6 Å². The molecule has 2 aliphatic rings. The van der Waals surface area contributed by atoms with Crippen molar-refractivity contribution in [3.05, 3.63) is 63.6 Å². The van der Waals surface area contributed by atoms with Crippen LogP contribution in [0.25, 0.3) is 0 Å². The molecular formula is C23H25Cl2N3O2S. The third kappa shape index (κ3) is 4.52. The number of anilines is 1. The Morgan fingerprint density at radius 2 is 1.81 bits per heavy atom. The third-order valence-electron chi connectivity index (χ3n) is 6.06. The number of rotatable bonds is 3. The molecule has 0 saturated carbocycles. The zero-order valence-electron chi connectivity index (χ0n) is 17.4. The van der Waals surface area contributed by atoms with E-state index in [9.17, 15) is 9.59 Å². The smallest absolute Gasteiger partial charge is 0.321 e. The number of carbonyl (C=O) groups excluding carboxylic acids is 2. The Balaban J connectivity index is 1.43. The molecule has 0 aromatic heterocycles. The number of likely N-dealkylation sites (tertiary alicyclic amines) is 1. The number of nitrogens with zero attached hydrogens (tertiary/aromatic N) is 2. The quantitative estimate of drug-likeness (QED) is 0.610. The molecule has 2 aromatic carbocycles. The molecule has 31 heavy (non-hydrogen) atoms. The molecule has 5 nitrogen and oxygen atoms in total. The number of benzene rings is 2. The molecule has 1 spiro atoms. The van der Waals surface area contributed by atoms with Crippen molar-refractivity contribution in [2.75, 3.05) is 30.7 Å².